The van der Waals surface area contributed by atoms with E-state index >= 15 is 0 Å². The highest BCUT2D eigenvalue weighted by atomic mass is 16.5. The fourth-order valence-electron chi connectivity index (χ4n) is 1.99. The van der Waals surface area contributed by atoms with Crippen molar-refractivity contribution in [2.75, 3.05) is 7.11 Å². The number of ether oxygens (including phenoxy) is 1. The van der Waals surface area contributed by atoms with E-state index in [1.165, 1.54) is 5.56 Å². The Morgan fingerprint density at radius 2 is 1.95 bits per heavy atom. The summed E-state index contributed by atoms with van der Waals surface area (Å²) in [6, 6.07) is 11.4. The molecule has 5 heteroatoms. The highest BCUT2D eigenvalue weighted by molar-refractivity contribution is 5.88. The molecule has 1 heterocycles. The number of hydrogen-bond donors (Lipinski definition) is 2. The normalized spacial score (nSPS) is 11.2. The van der Waals surface area contributed by atoms with E-state index in [1.54, 1.807) is 19.4 Å². The summed E-state index contributed by atoms with van der Waals surface area (Å²) in [4.78, 5) is 14.6. The molecule has 0 bridgehead atoms. The molecule has 22 heavy (non-hydrogen) atoms. The first-order valence-corrected chi connectivity index (χ1v) is 6.80. The second-order valence-electron chi connectivity index (χ2n) is 4.78. The summed E-state index contributed by atoms with van der Waals surface area (Å²) in [6.07, 6.45) is 4.47. The maximum Gasteiger partial charge on any atom is 0.371 e. The lowest BCUT2D eigenvalue weighted by molar-refractivity contribution is -0.135. The topological polar surface area (TPSA) is 79.7 Å². The highest BCUT2D eigenvalue weighted by Gasteiger charge is 2.04. The highest BCUT2D eigenvalue weighted by Crippen LogP contribution is 2.15. The summed E-state index contributed by atoms with van der Waals surface area (Å²) in [6.45, 7) is 0. The molecule has 2 aromatic rings. The van der Waals surface area contributed by atoms with Gasteiger partial charge in [0.15, 0.2) is 0 Å². The average Bonchev–Trinajstić information content (AvgIpc) is 2.54. The van der Waals surface area contributed by atoms with Gasteiger partial charge in [0, 0.05) is 12.3 Å². The quantitative estimate of drug-likeness (QED) is 0.633. The van der Waals surface area contributed by atoms with Crippen LogP contribution in [-0.2, 0) is 17.6 Å². The van der Waals surface area contributed by atoms with Gasteiger partial charge < -0.3 is 14.9 Å². The van der Waals surface area contributed by atoms with E-state index in [2.05, 4.69) is 4.98 Å². The van der Waals surface area contributed by atoms with E-state index in [1.807, 2.05) is 30.3 Å². The first-order valence-electron chi connectivity index (χ1n) is 6.80. The van der Waals surface area contributed by atoms with Gasteiger partial charge in [0.2, 0.25) is 5.76 Å². The van der Waals surface area contributed by atoms with Gasteiger partial charge in [-0.3, -0.25) is 4.98 Å². The fraction of sp³-hybridized carbons (Fsp3) is 0.176. The Hall–Kier alpha value is -2.82. The summed E-state index contributed by atoms with van der Waals surface area (Å²) >= 11 is 0. The number of benzene rings is 1. The molecule has 0 saturated carbocycles. The third kappa shape index (κ3) is 4.34. The molecular weight excluding hydrogens is 282 g/mol. The Labute approximate surface area is 128 Å². The number of nitrogens with zero attached hydrogens (tertiary/aromatic N) is 1. The van der Waals surface area contributed by atoms with Gasteiger partial charge in [0.25, 0.3) is 0 Å². The Kier molecular flexibility index (Phi) is 5.14. The number of carbonyl (C=O) groups is 1. The van der Waals surface area contributed by atoms with Crippen LogP contribution in [0.4, 0.5) is 0 Å². The maximum absolute atomic E-state index is 10.5. The Balaban J connectivity index is 1.99. The minimum Gasteiger partial charge on any atom is -0.502 e. The smallest absolute Gasteiger partial charge is 0.371 e. The molecule has 114 valence electrons. The lowest BCUT2D eigenvalue weighted by atomic mass is 10.1. The average molecular weight is 299 g/mol. The number of carboxylic acids is 1. The summed E-state index contributed by atoms with van der Waals surface area (Å²) in [5.74, 6) is -1.26. The second-order valence-corrected chi connectivity index (χ2v) is 4.78. The second kappa shape index (κ2) is 7.26. The van der Waals surface area contributed by atoms with E-state index in [0.717, 1.165) is 30.2 Å². The molecule has 2 rings (SSSR count). The fourth-order valence-corrected chi connectivity index (χ4v) is 1.99. The van der Waals surface area contributed by atoms with Crippen molar-refractivity contribution in [2.24, 2.45) is 0 Å². The van der Waals surface area contributed by atoms with Gasteiger partial charge in [-0.2, -0.15) is 0 Å². The first-order chi connectivity index (χ1) is 10.6. The minimum atomic E-state index is -1.37. The van der Waals surface area contributed by atoms with Gasteiger partial charge >= 0.3 is 5.97 Å². The Morgan fingerprint density at radius 1 is 1.18 bits per heavy atom. The summed E-state index contributed by atoms with van der Waals surface area (Å²) < 4.78 is 5.19. The third-order valence-corrected chi connectivity index (χ3v) is 3.19. The monoisotopic (exact) mass is 299 g/mol. The number of aryl methyl sites for hydroxylation is 2. The zero-order valence-electron chi connectivity index (χ0n) is 12.2. The molecule has 2 N–H and O–H groups in total. The zero-order chi connectivity index (χ0) is 15.9. The van der Waals surface area contributed by atoms with Crippen LogP contribution in [0, 0.1) is 0 Å². The van der Waals surface area contributed by atoms with Crippen molar-refractivity contribution in [1.29, 1.82) is 0 Å². The van der Waals surface area contributed by atoms with Crippen LogP contribution in [0.1, 0.15) is 16.8 Å². The molecule has 0 aliphatic rings. The molecule has 0 radical (unpaired) electrons. The van der Waals surface area contributed by atoms with Crippen LogP contribution >= 0.6 is 0 Å². The summed E-state index contributed by atoms with van der Waals surface area (Å²) in [7, 11) is 1.64. The largest absolute Gasteiger partial charge is 0.502 e. The molecule has 0 unspecified atom stereocenters. The lowest BCUT2D eigenvalue weighted by Gasteiger charge is -2.05. The Bertz CT molecular complexity index is 677. The summed E-state index contributed by atoms with van der Waals surface area (Å²) in [5.41, 5.74) is 2.62. The molecule has 0 spiro atoms. The standard InChI is InChI=1S/C17H17NO4/c1-22-15-4-2-3-12(9-15)5-6-13-7-8-14(18-11-13)10-16(19)17(20)21/h2-4,7-11,19H,5-6H2,1H3,(H,20,21)/b16-10-. The number of rotatable bonds is 6. The lowest BCUT2D eigenvalue weighted by Crippen LogP contribution is -1.99. The third-order valence-electron chi connectivity index (χ3n) is 3.19. The van der Waals surface area contributed by atoms with Crippen molar-refractivity contribution in [1.82, 2.24) is 4.98 Å². The van der Waals surface area contributed by atoms with Crippen molar-refractivity contribution in [2.45, 2.75) is 12.8 Å². The number of hydrogen-bond acceptors (Lipinski definition) is 4. The number of aromatic nitrogens is 1. The molecule has 0 fully saturated rings. The summed E-state index contributed by atoms with van der Waals surface area (Å²) in [5, 5.41) is 17.8. The van der Waals surface area contributed by atoms with Gasteiger partial charge in [-0.1, -0.05) is 18.2 Å². The van der Waals surface area contributed by atoms with Crippen molar-refractivity contribution in [3.8, 4) is 5.75 Å². The molecule has 1 aromatic heterocycles. The van der Waals surface area contributed by atoms with Crippen LogP contribution < -0.4 is 4.74 Å². The van der Waals surface area contributed by atoms with Gasteiger partial charge in [0.1, 0.15) is 5.75 Å². The minimum absolute atomic E-state index is 0.407. The van der Waals surface area contributed by atoms with Crippen molar-refractivity contribution in [3.63, 3.8) is 0 Å². The van der Waals surface area contributed by atoms with E-state index in [0.29, 0.717) is 5.69 Å². The number of pyridine rings is 1. The predicted octanol–water partition coefficient (Wildman–Crippen LogP) is 2.86. The van der Waals surface area contributed by atoms with Crippen LogP contribution in [-0.4, -0.2) is 28.3 Å². The molecule has 0 atom stereocenters. The number of aliphatic hydroxyl groups excluding tert-OH is 1. The van der Waals surface area contributed by atoms with Crippen LogP contribution in [0.5, 0.6) is 5.75 Å². The van der Waals surface area contributed by atoms with Crippen molar-refractivity contribution >= 4 is 12.0 Å². The molecule has 1 aromatic carbocycles. The molecule has 0 amide bonds. The van der Waals surface area contributed by atoms with Gasteiger partial charge in [-0.05, 0) is 42.2 Å². The first kappa shape index (κ1) is 15.6. The van der Waals surface area contributed by atoms with Crippen LogP contribution in [0.25, 0.3) is 6.08 Å². The van der Waals surface area contributed by atoms with Crippen molar-refractivity contribution < 1.29 is 19.7 Å². The SMILES string of the molecule is COc1cccc(CCc2ccc(/C=C(\O)C(=O)O)nc2)c1. The van der Waals surface area contributed by atoms with E-state index in [-0.39, 0.29) is 0 Å². The number of carboxylic acid groups (broad SMARTS) is 1. The van der Waals surface area contributed by atoms with Crippen molar-refractivity contribution in [3.05, 3.63) is 65.2 Å². The number of aliphatic hydroxyl groups is 1. The Morgan fingerprint density at radius 3 is 2.59 bits per heavy atom. The van der Waals surface area contributed by atoms with Crippen LogP contribution in [0.15, 0.2) is 48.4 Å². The number of methoxy groups -OCH3 is 1. The maximum atomic E-state index is 10.5. The molecule has 0 aliphatic heterocycles. The van der Waals surface area contributed by atoms with Gasteiger partial charge in [0.05, 0.1) is 12.8 Å². The van der Waals surface area contributed by atoms with Crippen LogP contribution in [0.3, 0.4) is 0 Å². The zero-order valence-corrected chi connectivity index (χ0v) is 12.2. The van der Waals surface area contributed by atoms with Gasteiger partial charge in [-0.25, -0.2) is 4.79 Å². The van der Waals surface area contributed by atoms with E-state index in [9.17, 15) is 4.79 Å². The molecular formula is C17H17NO4. The molecule has 5 nitrogen and oxygen atoms in total. The van der Waals surface area contributed by atoms with E-state index < -0.39 is 11.7 Å². The molecule has 0 aliphatic carbocycles. The van der Waals surface area contributed by atoms with Gasteiger partial charge in [-0.15, -0.1) is 0 Å². The van der Waals surface area contributed by atoms with Crippen LogP contribution in [0.2, 0.25) is 0 Å². The molecule has 0 saturated heterocycles. The van der Waals surface area contributed by atoms with E-state index in [4.69, 9.17) is 14.9 Å². The predicted molar refractivity (Wildman–Crippen MR) is 82.9 cm³/mol. The number of aliphatic carboxylic acids is 1.